The van der Waals surface area contributed by atoms with Gasteiger partial charge in [-0.2, -0.15) is 0 Å². The first-order chi connectivity index (χ1) is 8.16. The molecule has 1 aromatic heterocycles. The molecular weight excluding hydrogens is 218 g/mol. The summed E-state index contributed by atoms with van der Waals surface area (Å²) in [5.74, 6) is -1.00. The molecule has 2 aromatic rings. The van der Waals surface area contributed by atoms with Crippen molar-refractivity contribution in [3.63, 3.8) is 0 Å². The van der Waals surface area contributed by atoms with E-state index in [-0.39, 0.29) is 5.56 Å². The minimum atomic E-state index is -1.00. The highest BCUT2D eigenvalue weighted by atomic mass is 16.4. The number of carbonyl (C=O) groups is 1. The first kappa shape index (κ1) is 10.9. The van der Waals surface area contributed by atoms with Gasteiger partial charge in [-0.05, 0) is 30.3 Å². The lowest BCUT2D eigenvalue weighted by molar-refractivity contribution is 0.0698. The van der Waals surface area contributed by atoms with Crippen LogP contribution in [0.1, 0.15) is 10.4 Å². The zero-order valence-electron chi connectivity index (χ0n) is 8.92. The Morgan fingerprint density at radius 3 is 2.82 bits per heavy atom. The molecule has 0 bridgehead atoms. The van der Waals surface area contributed by atoms with Crippen LogP contribution < -0.4 is 11.1 Å². The van der Waals surface area contributed by atoms with Crippen molar-refractivity contribution in [1.29, 1.82) is 0 Å². The van der Waals surface area contributed by atoms with Gasteiger partial charge in [0.1, 0.15) is 0 Å². The molecule has 1 aromatic carbocycles. The normalized spacial score (nSPS) is 9.88. The van der Waals surface area contributed by atoms with Crippen LogP contribution in [0, 0.1) is 0 Å². The largest absolute Gasteiger partial charge is 0.478 e. The van der Waals surface area contributed by atoms with E-state index in [9.17, 15) is 4.79 Å². The lowest BCUT2D eigenvalue weighted by Gasteiger charge is -2.09. The van der Waals surface area contributed by atoms with Crippen molar-refractivity contribution in [1.82, 2.24) is 4.98 Å². The fourth-order valence-corrected chi connectivity index (χ4v) is 1.44. The zero-order valence-corrected chi connectivity index (χ0v) is 8.92. The van der Waals surface area contributed by atoms with Crippen LogP contribution in [-0.2, 0) is 0 Å². The van der Waals surface area contributed by atoms with Gasteiger partial charge < -0.3 is 16.2 Å². The maximum atomic E-state index is 11.0. The summed E-state index contributed by atoms with van der Waals surface area (Å²) in [7, 11) is 0. The van der Waals surface area contributed by atoms with E-state index in [1.807, 2.05) is 0 Å². The second-order valence-corrected chi connectivity index (χ2v) is 3.48. The average molecular weight is 229 g/mol. The van der Waals surface area contributed by atoms with Crippen LogP contribution in [0.3, 0.4) is 0 Å². The van der Waals surface area contributed by atoms with Crippen molar-refractivity contribution in [2.24, 2.45) is 0 Å². The Kier molecular flexibility index (Phi) is 2.91. The highest BCUT2D eigenvalue weighted by Crippen LogP contribution is 2.23. The van der Waals surface area contributed by atoms with E-state index in [0.717, 1.165) is 0 Å². The molecule has 0 fully saturated rings. The average Bonchev–Trinajstić information content (AvgIpc) is 2.30. The van der Waals surface area contributed by atoms with Crippen molar-refractivity contribution in [2.45, 2.75) is 0 Å². The topological polar surface area (TPSA) is 88.2 Å². The molecule has 5 heteroatoms. The Bertz CT molecular complexity index is 541. The number of carboxylic acid groups (broad SMARTS) is 1. The fourth-order valence-electron chi connectivity index (χ4n) is 1.44. The number of nitrogens with two attached hydrogens (primary N) is 1. The van der Waals surface area contributed by atoms with Crippen LogP contribution in [0.15, 0.2) is 42.7 Å². The predicted molar refractivity (Wildman–Crippen MR) is 65.3 cm³/mol. The summed E-state index contributed by atoms with van der Waals surface area (Å²) in [5.41, 5.74) is 7.46. The van der Waals surface area contributed by atoms with Gasteiger partial charge in [-0.3, -0.25) is 4.98 Å². The van der Waals surface area contributed by atoms with E-state index in [1.165, 1.54) is 6.07 Å². The summed E-state index contributed by atoms with van der Waals surface area (Å²) in [4.78, 5) is 15.0. The monoisotopic (exact) mass is 229 g/mol. The van der Waals surface area contributed by atoms with Gasteiger partial charge in [0.2, 0.25) is 0 Å². The Hall–Kier alpha value is -2.56. The van der Waals surface area contributed by atoms with Crippen molar-refractivity contribution < 1.29 is 9.90 Å². The lowest BCUT2D eigenvalue weighted by Crippen LogP contribution is -2.03. The van der Waals surface area contributed by atoms with Crippen molar-refractivity contribution in [3.05, 3.63) is 48.3 Å². The molecule has 4 N–H and O–H groups in total. The Morgan fingerprint density at radius 2 is 2.18 bits per heavy atom. The first-order valence-corrected chi connectivity index (χ1v) is 4.96. The smallest absolute Gasteiger partial charge is 0.337 e. The standard InChI is InChI=1S/C12H11N3O2/c13-8-3-4-10(12(16)17)11(6-8)15-9-2-1-5-14-7-9/h1-7,15H,13H2,(H,16,17). The van der Waals surface area contributed by atoms with Crippen LogP contribution in [0.25, 0.3) is 0 Å². The molecule has 86 valence electrons. The second-order valence-electron chi connectivity index (χ2n) is 3.48. The number of carboxylic acids is 1. The number of rotatable bonds is 3. The maximum absolute atomic E-state index is 11.0. The minimum absolute atomic E-state index is 0.169. The summed E-state index contributed by atoms with van der Waals surface area (Å²) in [6.07, 6.45) is 3.25. The van der Waals surface area contributed by atoms with Crippen LogP contribution in [0.4, 0.5) is 17.1 Å². The van der Waals surface area contributed by atoms with Crippen LogP contribution in [-0.4, -0.2) is 16.1 Å². The van der Waals surface area contributed by atoms with Crippen LogP contribution in [0.5, 0.6) is 0 Å². The number of hydrogen-bond donors (Lipinski definition) is 3. The van der Waals surface area contributed by atoms with Gasteiger partial charge in [-0.1, -0.05) is 0 Å². The SMILES string of the molecule is Nc1ccc(C(=O)O)c(Nc2cccnc2)c1. The highest BCUT2D eigenvalue weighted by Gasteiger charge is 2.10. The molecule has 0 aliphatic carbocycles. The minimum Gasteiger partial charge on any atom is -0.478 e. The third kappa shape index (κ3) is 2.52. The van der Waals surface area contributed by atoms with E-state index < -0.39 is 5.97 Å². The molecule has 0 atom stereocenters. The van der Waals surface area contributed by atoms with E-state index in [1.54, 1.807) is 36.7 Å². The van der Waals surface area contributed by atoms with Crippen molar-refractivity contribution >= 4 is 23.0 Å². The van der Waals surface area contributed by atoms with Crippen LogP contribution in [0.2, 0.25) is 0 Å². The molecule has 0 saturated carbocycles. The molecule has 2 rings (SSSR count). The van der Waals surface area contributed by atoms with E-state index in [0.29, 0.717) is 17.1 Å². The molecule has 0 aliphatic rings. The quantitative estimate of drug-likeness (QED) is 0.701. The molecule has 17 heavy (non-hydrogen) atoms. The number of benzene rings is 1. The molecule has 5 nitrogen and oxygen atoms in total. The van der Waals surface area contributed by atoms with Crippen LogP contribution >= 0.6 is 0 Å². The molecule has 1 heterocycles. The molecule has 0 spiro atoms. The number of pyridine rings is 1. The number of nitrogens with one attached hydrogen (secondary N) is 1. The number of anilines is 3. The number of nitrogens with zero attached hydrogens (tertiary/aromatic N) is 1. The number of nitrogen functional groups attached to an aromatic ring is 1. The highest BCUT2D eigenvalue weighted by molar-refractivity contribution is 5.96. The molecule has 0 saturated heterocycles. The molecule has 0 unspecified atom stereocenters. The number of aromatic carboxylic acids is 1. The van der Waals surface area contributed by atoms with E-state index in [2.05, 4.69) is 10.3 Å². The van der Waals surface area contributed by atoms with Crippen molar-refractivity contribution in [3.8, 4) is 0 Å². The van der Waals surface area contributed by atoms with E-state index >= 15 is 0 Å². The third-order valence-electron chi connectivity index (χ3n) is 2.21. The third-order valence-corrected chi connectivity index (χ3v) is 2.21. The van der Waals surface area contributed by atoms with Gasteiger partial charge in [0.25, 0.3) is 0 Å². The maximum Gasteiger partial charge on any atom is 0.337 e. The van der Waals surface area contributed by atoms with Gasteiger partial charge in [-0.15, -0.1) is 0 Å². The van der Waals surface area contributed by atoms with Gasteiger partial charge in [0.05, 0.1) is 23.1 Å². The van der Waals surface area contributed by atoms with Gasteiger partial charge in [-0.25, -0.2) is 4.79 Å². The van der Waals surface area contributed by atoms with E-state index in [4.69, 9.17) is 10.8 Å². The van der Waals surface area contributed by atoms with Gasteiger partial charge in [0, 0.05) is 11.9 Å². The fraction of sp³-hybridized carbons (Fsp3) is 0. The van der Waals surface area contributed by atoms with Gasteiger partial charge >= 0.3 is 5.97 Å². The molecule has 0 radical (unpaired) electrons. The first-order valence-electron chi connectivity index (χ1n) is 4.96. The van der Waals surface area contributed by atoms with Gasteiger partial charge in [0.15, 0.2) is 0 Å². The Morgan fingerprint density at radius 1 is 1.35 bits per heavy atom. The molecule has 0 aliphatic heterocycles. The van der Waals surface area contributed by atoms with Crippen molar-refractivity contribution in [2.75, 3.05) is 11.1 Å². The summed E-state index contributed by atoms with van der Waals surface area (Å²) < 4.78 is 0. The second kappa shape index (κ2) is 4.52. The summed E-state index contributed by atoms with van der Waals surface area (Å²) in [5, 5.41) is 12.0. The number of hydrogen-bond acceptors (Lipinski definition) is 4. The predicted octanol–water partition coefficient (Wildman–Crippen LogP) is 2.11. The Labute approximate surface area is 97.9 Å². The lowest BCUT2D eigenvalue weighted by atomic mass is 10.1. The summed E-state index contributed by atoms with van der Waals surface area (Å²) in [6, 6.07) is 8.15. The molecule has 0 amide bonds. The number of aromatic nitrogens is 1. The Balaban J connectivity index is 2.37. The molecular formula is C12H11N3O2. The summed E-state index contributed by atoms with van der Waals surface area (Å²) in [6.45, 7) is 0. The zero-order chi connectivity index (χ0) is 12.3. The summed E-state index contributed by atoms with van der Waals surface area (Å²) >= 11 is 0.